The summed E-state index contributed by atoms with van der Waals surface area (Å²) in [6, 6.07) is 8.93. The van der Waals surface area contributed by atoms with Crippen molar-refractivity contribution >= 4 is 0 Å². The molecule has 2 heteroatoms. The van der Waals surface area contributed by atoms with Gasteiger partial charge in [0.15, 0.2) is 0 Å². The highest BCUT2D eigenvalue weighted by Crippen LogP contribution is 2.32. The van der Waals surface area contributed by atoms with E-state index < -0.39 is 0 Å². The molecule has 0 aromatic heterocycles. The Hall–Kier alpha value is -1.02. The molecular weight excluding hydrogens is 222 g/mol. The van der Waals surface area contributed by atoms with Crippen molar-refractivity contribution in [2.75, 3.05) is 13.2 Å². The fourth-order valence-electron chi connectivity index (χ4n) is 2.08. The highest BCUT2D eigenvalue weighted by molar-refractivity contribution is 5.28. The molecule has 18 heavy (non-hydrogen) atoms. The average molecular weight is 247 g/mol. The van der Waals surface area contributed by atoms with Crippen molar-refractivity contribution in [1.82, 2.24) is 5.32 Å². The van der Waals surface area contributed by atoms with E-state index in [0.29, 0.717) is 6.04 Å². The van der Waals surface area contributed by atoms with E-state index in [1.54, 1.807) is 0 Å². The standard InChI is InChI=1S/C16H25NO/c1-3-11-17-13(2)15-6-8-16(9-7-15)18-12-10-14-4-5-14/h6-9,13-14,17H,3-5,10-12H2,1-2H3. The molecule has 0 saturated heterocycles. The van der Waals surface area contributed by atoms with E-state index >= 15 is 0 Å². The molecule has 1 atom stereocenters. The molecule has 1 aromatic carbocycles. The van der Waals surface area contributed by atoms with Crippen molar-refractivity contribution in [1.29, 1.82) is 0 Å². The maximum absolute atomic E-state index is 5.75. The molecule has 1 fully saturated rings. The zero-order valence-corrected chi connectivity index (χ0v) is 11.6. The van der Waals surface area contributed by atoms with E-state index in [1.165, 1.54) is 31.2 Å². The predicted molar refractivity (Wildman–Crippen MR) is 76.0 cm³/mol. The second-order valence-electron chi connectivity index (χ2n) is 5.33. The summed E-state index contributed by atoms with van der Waals surface area (Å²) in [5, 5.41) is 3.49. The minimum atomic E-state index is 0.422. The Balaban J connectivity index is 1.76. The lowest BCUT2D eigenvalue weighted by Gasteiger charge is -2.14. The second-order valence-corrected chi connectivity index (χ2v) is 5.33. The van der Waals surface area contributed by atoms with Crippen LogP contribution in [0.1, 0.15) is 51.1 Å². The van der Waals surface area contributed by atoms with Crippen LogP contribution in [0.2, 0.25) is 0 Å². The van der Waals surface area contributed by atoms with Crippen LogP contribution in [0.25, 0.3) is 0 Å². The van der Waals surface area contributed by atoms with Crippen LogP contribution >= 0.6 is 0 Å². The molecule has 0 spiro atoms. The summed E-state index contributed by atoms with van der Waals surface area (Å²) in [7, 11) is 0. The largest absolute Gasteiger partial charge is 0.494 e. The zero-order chi connectivity index (χ0) is 12.8. The summed E-state index contributed by atoms with van der Waals surface area (Å²) >= 11 is 0. The first-order valence-corrected chi connectivity index (χ1v) is 7.25. The number of nitrogens with one attached hydrogen (secondary N) is 1. The third-order valence-electron chi connectivity index (χ3n) is 3.57. The molecule has 0 bridgehead atoms. The molecule has 1 unspecified atom stereocenters. The van der Waals surface area contributed by atoms with Crippen LogP contribution in [-0.4, -0.2) is 13.2 Å². The first-order valence-electron chi connectivity index (χ1n) is 7.25. The molecule has 1 aliphatic carbocycles. The van der Waals surface area contributed by atoms with Gasteiger partial charge >= 0.3 is 0 Å². The van der Waals surface area contributed by atoms with Crippen LogP contribution in [0.3, 0.4) is 0 Å². The predicted octanol–water partition coefficient (Wildman–Crippen LogP) is 3.93. The Morgan fingerprint density at radius 1 is 1.28 bits per heavy atom. The number of hydrogen-bond donors (Lipinski definition) is 1. The van der Waals surface area contributed by atoms with Gasteiger partial charge in [-0.25, -0.2) is 0 Å². The van der Waals surface area contributed by atoms with Gasteiger partial charge in [-0.05, 0) is 49.9 Å². The Labute approximate surface area is 111 Å². The van der Waals surface area contributed by atoms with E-state index in [0.717, 1.165) is 24.8 Å². The topological polar surface area (TPSA) is 21.3 Å². The van der Waals surface area contributed by atoms with E-state index in [4.69, 9.17) is 4.74 Å². The highest BCUT2D eigenvalue weighted by Gasteiger charge is 2.20. The first-order chi connectivity index (χ1) is 8.79. The lowest BCUT2D eigenvalue weighted by atomic mass is 10.1. The van der Waals surface area contributed by atoms with Gasteiger partial charge in [-0.2, -0.15) is 0 Å². The van der Waals surface area contributed by atoms with Crippen molar-refractivity contribution in [2.24, 2.45) is 5.92 Å². The first kappa shape index (κ1) is 13.4. The fourth-order valence-corrected chi connectivity index (χ4v) is 2.08. The smallest absolute Gasteiger partial charge is 0.119 e. The molecule has 0 aliphatic heterocycles. The minimum Gasteiger partial charge on any atom is -0.494 e. The van der Waals surface area contributed by atoms with Gasteiger partial charge in [0.05, 0.1) is 6.61 Å². The molecule has 1 aliphatic rings. The third kappa shape index (κ3) is 4.34. The molecule has 1 aromatic rings. The van der Waals surface area contributed by atoms with Crippen LogP contribution in [0, 0.1) is 5.92 Å². The number of benzene rings is 1. The van der Waals surface area contributed by atoms with Crippen LogP contribution < -0.4 is 10.1 Å². The lowest BCUT2D eigenvalue weighted by molar-refractivity contribution is 0.302. The normalized spacial score (nSPS) is 16.6. The Morgan fingerprint density at radius 2 is 2.00 bits per heavy atom. The van der Waals surface area contributed by atoms with Gasteiger partial charge in [-0.15, -0.1) is 0 Å². The maximum atomic E-state index is 5.75. The molecule has 2 nitrogen and oxygen atoms in total. The van der Waals surface area contributed by atoms with Crippen LogP contribution in [-0.2, 0) is 0 Å². The monoisotopic (exact) mass is 247 g/mol. The minimum absolute atomic E-state index is 0.422. The molecule has 100 valence electrons. The molecular formula is C16H25NO. The van der Waals surface area contributed by atoms with Gasteiger partial charge in [-0.1, -0.05) is 31.9 Å². The molecule has 0 heterocycles. The summed E-state index contributed by atoms with van der Waals surface area (Å²) in [5.74, 6) is 1.95. The molecule has 0 radical (unpaired) electrons. The molecule has 1 N–H and O–H groups in total. The van der Waals surface area contributed by atoms with Crippen molar-refractivity contribution in [3.8, 4) is 5.75 Å². The molecule has 0 amide bonds. The molecule has 2 rings (SSSR count). The van der Waals surface area contributed by atoms with Gasteiger partial charge in [-0.3, -0.25) is 0 Å². The fraction of sp³-hybridized carbons (Fsp3) is 0.625. The lowest BCUT2D eigenvalue weighted by Crippen LogP contribution is -2.19. The van der Waals surface area contributed by atoms with Gasteiger partial charge in [0.1, 0.15) is 5.75 Å². The Kier molecular flexibility index (Phi) is 5.06. The summed E-state index contributed by atoms with van der Waals surface area (Å²) in [6.45, 7) is 6.34. The van der Waals surface area contributed by atoms with Crippen LogP contribution in [0.4, 0.5) is 0 Å². The summed E-state index contributed by atoms with van der Waals surface area (Å²) in [6.07, 6.45) is 5.20. The van der Waals surface area contributed by atoms with E-state index in [2.05, 4.69) is 43.4 Å². The number of hydrogen-bond acceptors (Lipinski definition) is 2. The van der Waals surface area contributed by atoms with Crippen molar-refractivity contribution in [3.05, 3.63) is 29.8 Å². The quantitative estimate of drug-likeness (QED) is 0.751. The summed E-state index contributed by atoms with van der Waals surface area (Å²) in [4.78, 5) is 0. The SMILES string of the molecule is CCCNC(C)c1ccc(OCCC2CC2)cc1. The molecule has 1 saturated carbocycles. The van der Waals surface area contributed by atoms with Crippen molar-refractivity contribution in [3.63, 3.8) is 0 Å². The third-order valence-corrected chi connectivity index (χ3v) is 3.57. The number of ether oxygens (including phenoxy) is 1. The maximum Gasteiger partial charge on any atom is 0.119 e. The van der Waals surface area contributed by atoms with Crippen LogP contribution in [0.15, 0.2) is 24.3 Å². The summed E-state index contributed by atoms with van der Waals surface area (Å²) < 4.78 is 5.75. The Morgan fingerprint density at radius 3 is 2.61 bits per heavy atom. The number of rotatable bonds is 8. The Bertz CT molecular complexity index is 343. The van der Waals surface area contributed by atoms with Crippen LogP contribution in [0.5, 0.6) is 5.75 Å². The van der Waals surface area contributed by atoms with Gasteiger partial charge in [0.25, 0.3) is 0 Å². The highest BCUT2D eigenvalue weighted by atomic mass is 16.5. The van der Waals surface area contributed by atoms with Crippen molar-refractivity contribution < 1.29 is 4.74 Å². The van der Waals surface area contributed by atoms with E-state index in [1.807, 2.05) is 0 Å². The van der Waals surface area contributed by atoms with Gasteiger partial charge in [0.2, 0.25) is 0 Å². The van der Waals surface area contributed by atoms with Crippen molar-refractivity contribution in [2.45, 2.75) is 45.6 Å². The second kappa shape index (κ2) is 6.79. The van der Waals surface area contributed by atoms with Gasteiger partial charge < -0.3 is 10.1 Å². The average Bonchev–Trinajstić information content (AvgIpc) is 3.21. The van der Waals surface area contributed by atoms with E-state index in [9.17, 15) is 0 Å². The summed E-state index contributed by atoms with van der Waals surface area (Å²) in [5.41, 5.74) is 1.33. The zero-order valence-electron chi connectivity index (χ0n) is 11.6. The van der Waals surface area contributed by atoms with Gasteiger partial charge in [0, 0.05) is 6.04 Å². The van der Waals surface area contributed by atoms with E-state index in [-0.39, 0.29) is 0 Å².